The van der Waals surface area contributed by atoms with Gasteiger partial charge in [0.25, 0.3) is 0 Å². The van der Waals surface area contributed by atoms with Gasteiger partial charge in [0.2, 0.25) is 0 Å². The Balaban J connectivity index is 2.43. The lowest BCUT2D eigenvalue weighted by Crippen LogP contribution is -2.50. The van der Waals surface area contributed by atoms with Gasteiger partial charge >= 0.3 is 8.56 Å². The van der Waals surface area contributed by atoms with E-state index >= 15 is 0 Å². The molecule has 0 aromatic carbocycles. The molecule has 0 saturated carbocycles. The summed E-state index contributed by atoms with van der Waals surface area (Å²) in [4.78, 5) is 4.46. The Bertz CT molecular complexity index is 313. The fourth-order valence-corrected chi connectivity index (χ4v) is 6.92. The van der Waals surface area contributed by atoms with E-state index in [-0.39, 0.29) is 0 Å². The van der Waals surface area contributed by atoms with Crippen LogP contribution in [-0.2, 0) is 8.85 Å². The predicted octanol–water partition coefficient (Wildman–Crippen LogP) is 3.46. The van der Waals surface area contributed by atoms with E-state index in [1.165, 1.54) is 0 Å². The molecule has 0 saturated heterocycles. The maximum atomic E-state index is 6.18. The van der Waals surface area contributed by atoms with E-state index in [9.17, 15) is 0 Å². The molecule has 0 spiro atoms. The monoisotopic (exact) mass is 316 g/mol. The zero-order valence-corrected chi connectivity index (χ0v) is 16.1. The summed E-state index contributed by atoms with van der Waals surface area (Å²) in [6.45, 7) is 16.0. The van der Waals surface area contributed by atoms with E-state index in [1.54, 1.807) is 0 Å². The van der Waals surface area contributed by atoms with Crippen LogP contribution >= 0.6 is 0 Å². The third kappa shape index (κ3) is 5.31. The van der Waals surface area contributed by atoms with Crippen molar-refractivity contribution < 1.29 is 8.85 Å². The van der Waals surface area contributed by atoms with Crippen molar-refractivity contribution in [2.45, 2.75) is 65.0 Å². The van der Waals surface area contributed by atoms with E-state index in [0.29, 0.717) is 6.04 Å². The average molecular weight is 317 g/mol. The van der Waals surface area contributed by atoms with Crippen molar-refractivity contribution in [1.29, 1.82) is 0 Å². The second kappa shape index (κ2) is 7.72. The number of rotatable bonds is 9. The minimum absolute atomic E-state index is 0.531. The van der Waals surface area contributed by atoms with Crippen molar-refractivity contribution in [3.8, 4) is 0 Å². The first-order valence-electron chi connectivity index (χ1n) is 7.88. The summed E-state index contributed by atoms with van der Waals surface area (Å²) in [7, 11) is -3.24. The Morgan fingerprint density at radius 3 is 2.45 bits per heavy atom. The van der Waals surface area contributed by atoms with Gasteiger partial charge in [-0.1, -0.05) is 33.0 Å². The van der Waals surface area contributed by atoms with E-state index in [2.05, 4.69) is 55.9 Å². The molecule has 1 aliphatic rings. The summed E-state index contributed by atoms with van der Waals surface area (Å²) in [5.41, 5.74) is 0. The molecule has 0 bridgehead atoms. The van der Waals surface area contributed by atoms with Crippen LogP contribution in [-0.4, -0.2) is 53.5 Å². The summed E-state index contributed by atoms with van der Waals surface area (Å²) in [6.07, 6.45) is 4.25. The summed E-state index contributed by atoms with van der Waals surface area (Å²) in [6, 6.07) is 1.61. The Hall–Kier alpha value is -0.176. The van der Waals surface area contributed by atoms with Crippen molar-refractivity contribution in [1.82, 2.24) is 4.57 Å². The first kappa shape index (κ1) is 17.9. The third-order valence-corrected chi connectivity index (χ3v) is 8.85. The topological polar surface area (TPSA) is 34.1 Å². The van der Waals surface area contributed by atoms with Crippen molar-refractivity contribution in [2.24, 2.45) is 4.99 Å². The van der Waals surface area contributed by atoms with Gasteiger partial charge in [0, 0.05) is 19.3 Å². The lowest BCUT2D eigenvalue weighted by molar-refractivity contribution is 0.170. The quantitative estimate of drug-likeness (QED) is 0.611. The van der Waals surface area contributed by atoms with Crippen LogP contribution in [0.1, 0.15) is 26.7 Å². The molecule has 118 valence electrons. The van der Waals surface area contributed by atoms with Gasteiger partial charge in [0.1, 0.15) is 8.24 Å². The molecule has 2 unspecified atom stereocenters. The smallest absolute Gasteiger partial charge is 0.334 e. The minimum Gasteiger partial charge on any atom is -0.395 e. The van der Waals surface area contributed by atoms with E-state index < -0.39 is 16.8 Å². The van der Waals surface area contributed by atoms with Gasteiger partial charge in [0.15, 0.2) is 0 Å². The highest BCUT2D eigenvalue weighted by Gasteiger charge is 2.33. The fraction of sp³-hybridized carbons (Fsp3) is 0.929. The van der Waals surface area contributed by atoms with Crippen LogP contribution in [0.25, 0.3) is 0 Å². The minimum atomic E-state index is -1.94. The maximum Gasteiger partial charge on any atom is 0.334 e. The van der Waals surface area contributed by atoms with Gasteiger partial charge in [-0.25, -0.2) is 0 Å². The molecule has 1 aliphatic heterocycles. The molecule has 2 atom stereocenters. The molecule has 0 aliphatic carbocycles. The lowest BCUT2D eigenvalue weighted by Gasteiger charge is -2.36. The third-order valence-electron chi connectivity index (χ3n) is 3.70. The molecule has 0 aromatic heterocycles. The van der Waals surface area contributed by atoms with Crippen LogP contribution in [0.2, 0.25) is 32.2 Å². The molecular weight excluding hydrogens is 284 g/mol. The number of aliphatic imine (C=N–C) groups is 1. The molecule has 1 heterocycles. The SMILES string of the molecule is CCC[Si](C)(OCC)OCCC1CN=CN1[Si](C)(C)C. The van der Waals surface area contributed by atoms with E-state index in [1.807, 2.05) is 0 Å². The molecular formula is C14H32N2O2Si2. The summed E-state index contributed by atoms with van der Waals surface area (Å²) >= 11 is 0. The zero-order valence-electron chi connectivity index (χ0n) is 14.1. The second-order valence-electron chi connectivity index (χ2n) is 6.67. The van der Waals surface area contributed by atoms with Crippen LogP contribution in [0.5, 0.6) is 0 Å². The Morgan fingerprint density at radius 1 is 1.20 bits per heavy atom. The number of hydrogen-bond acceptors (Lipinski definition) is 4. The van der Waals surface area contributed by atoms with Gasteiger partial charge in [-0.15, -0.1) is 0 Å². The fourth-order valence-electron chi connectivity index (χ4n) is 2.75. The van der Waals surface area contributed by atoms with Crippen LogP contribution < -0.4 is 0 Å². The van der Waals surface area contributed by atoms with Crippen LogP contribution in [0.15, 0.2) is 4.99 Å². The van der Waals surface area contributed by atoms with Gasteiger partial charge < -0.3 is 13.4 Å². The Kier molecular flexibility index (Phi) is 6.90. The molecule has 0 amide bonds. The molecule has 0 radical (unpaired) electrons. The highest BCUT2D eigenvalue weighted by molar-refractivity contribution is 6.75. The first-order valence-corrected chi connectivity index (χ1v) is 13.9. The first-order chi connectivity index (χ1) is 9.32. The van der Waals surface area contributed by atoms with E-state index in [0.717, 1.165) is 38.6 Å². The number of hydrogen-bond donors (Lipinski definition) is 0. The van der Waals surface area contributed by atoms with Gasteiger partial charge in [-0.3, -0.25) is 4.99 Å². The molecule has 0 N–H and O–H groups in total. The standard InChI is InChI=1S/C14H32N2O2Si2/c1-7-11-20(6,17-8-2)18-10-9-14-12-15-13-16(14)19(3,4)5/h13-14H,7-12H2,1-6H3. The maximum absolute atomic E-state index is 6.18. The van der Waals surface area contributed by atoms with Crippen LogP contribution in [0.4, 0.5) is 0 Å². The van der Waals surface area contributed by atoms with E-state index in [4.69, 9.17) is 8.85 Å². The summed E-state index contributed by atoms with van der Waals surface area (Å²) in [5, 5.41) is 0. The molecule has 1 rings (SSSR count). The van der Waals surface area contributed by atoms with Gasteiger partial charge in [-0.2, -0.15) is 0 Å². The van der Waals surface area contributed by atoms with Crippen molar-refractivity contribution >= 4 is 23.1 Å². The van der Waals surface area contributed by atoms with Crippen molar-refractivity contribution in [3.63, 3.8) is 0 Å². The van der Waals surface area contributed by atoms with Crippen molar-refractivity contribution in [2.75, 3.05) is 19.8 Å². The average Bonchev–Trinajstić information content (AvgIpc) is 2.77. The zero-order chi connectivity index (χ0) is 15.2. The molecule has 20 heavy (non-hydrogen) atoms. The predicted molar refractivity (Wildman–Crippen MR) is 91.2 cm³/mol. The number of nitrogens with zero attached hydrogens (tertiary/aromatic N) is 2. The molecule has 6 heteroatoms. The van der Waals surface area contributed by atoms with Crippen LogP contribution in [0.3, 0.4) is 0 Å². The Morgan fingerprint density at radius 2 is 1.90 bits per heavy atom. The van der Waals surface area contributed by atoms with Gasteiger partial charge in [0.05, 0.1) is 12.9 Å². The lowest BCUT2D eigenvalue weighted by atomic mass is 10.2. The Labute approximate surface area is 126 Å². The largest absolute Gasteiger partial charge is 0.395 e. The second-order valence-corrected chi connectivity index (χ2v) is 14.9. The summed E-state index contributed by atoms with van der Waals surface area (Å²) < 4.78 is 14.6. The normalized spacial score (nSPS) is 22.3. The molecule has 0 aromatic rings. The summed E-state index contributed by atoms with van der Waals surface area (Å²) in [5.74, 6) is 0. The highest BCUT2D eigenvalue weighted by Crippen LogP contribution is 2.21. The van der Waals surface area contributed by atoms with Gasteiger partial charge in [-0.05, 0) is 25.9 Å². The van der Waals surface area contributed by atoms with Crippen LogP contribution in [0, 0.1) is 0 Å². The highest BCUT2D eigenvalue weighted by atomic mass is 28.4. The molecule has 0 fully saturated rings. The molecule has 4 nitrogen and oxygen atoms in total. The van der Waals surface area contributed by atoms with Crippen molar-refractivity contribution in [3.05, 3.63) is 0 Å².